The maximum atomic E-state index is 13.7. The molecule has 0 amide bonds. The highest BCUT2D eigenvalue weighted by atomic mass is 19.1. The Kier molecular flexibility index (Phi) is 7.74. The minimum atomic E-state index is -1.39. The highest BCUT2D eigenvalue weighted by Gasteiger charge is 2.35. The molecule has 3 N–H and O–H groups in total. The van der Waals surface area contributed by atoms with Gasteiger partial charge in [-0.25, -0.2) is 9.37 Å². The number of benzene rings is 2. The van der Waals surface area contributed by atoms with Gasteiger partial charge in [-0.3, -0.25) is 4.79 Å². The van der Waals surface area contributed by atoms with Crippen molar-refractivity contribution in [3.63, 3.8) is 0 Å². The zero-order valence-corrected chi connectivity index (χ0v) is 18.6. The topological polar surface area (TPSA) is 90.7 Å². The van der Waals surface area contributed by atoms with Gasteiger partial charge in [0.15, 0.2) is 0 Å². The van der Waals surface area contributed by atoms with E-state index in [1.165, 1.54) is 18.2 Å². The van der Waals surface area contributed by atoms with Crippen molar-refractivity contribution in [1.82, 2.24) is 4.98 Å². The van der Waals surface area contributed by atoms with Gasteiger partial charge in [-0.15, -0.1) is 6.58 Å². The molecule has 1 heterocycles. The van der Waals surface area contributed by atoms with Crippen molar-refractivity contribution < 1.29 is 24.5 Å². The number of hydrogen-bond donors (Lipinski definition) is 3. The standard InChI is InChI=1S/C27H28FNO4/c1-4-20(30)14-23(31)25(27(32)33)24-21(16(2)3)15-22(17-8-6-5-7-9-17)29-26(24)18-10-12-19(28)13-11-18/h4-13,15-16,20,23,25,30-31H,1,14H2,2-3H3,(H,32,33). The first kappa shape index (κ1) is 24.3. The number of aromatic nitrogens is 1. The number of carboxylic acids is 1. The summed E-state index contributed by atoms with van der Waals surface area (Å²) in [5.74, 6) is -3.11. The molecule has 0 saturated carbocycles. The highest BCUT2D eigenvalue weighted by molar-refractivity contribution is 5.83. The van der Waals surface area contributed by atoms with E-state index in [-0.39, 0.29) is 12.3 Å². The van der Waals surface area contributed by atoms with Gasteiger partial charge in [0.05, 0.1) is 23.6 Å². The Labute approximate surface area is 192 Å². The second-order valence-corrected chi connectivity index (χ2v) is 8.31. The summed E-state index contributed by atoms with van der Waals surface area (Å²) in [7, 11) is 0. The molecule has 3 atom stereocenters. The number of aliphatic hydroxyl groups excluding tert-OH is 2. The fraction of sp³-hybridized carbons (Fsp3) is 0.259. The molecular weight excluding hydrogens is 421 g/mol. The van der Waals surface area contributed by atoms with E-state index in [4.69, 9.17) is 4.98 Å². The number of hydrogen-bond acceptors (Lipinski definition) is 4. The first-order valence-corrected chi connectivity index (χ1v) is 10.8. The van der Waals surface area contributed by atoms with Crippen LogP contribution in [-0.4, -0.2) is 38.5 Å². The number of rotatable bonds is 9. The molecular formula is C27H28FNO4. The Bertz CT molecular complexity index is 1110. The summed E-state index contributed by atoms with van der Waals surface area (Å²) < 4.78 is 13.7. The number of aliphatic hydroxyl groups is 2. The van der Waals surface area contributed by atoms with Crippen LogP contribution >= 0.6 is 0 Å². The zero-order chi connectivity index (χ0) is 24.1. The van der Waals surface area contributed by atoms with Crippen LogP contribution in [0.2, 0.25) is 0 Å². The van der Waals surface area contributed by atoms with Gasteiger partial charge in [-0.1, -0.05) is 50.3 Å². The van der Waals surface area contributed by atoms with E-state index in [0.717, 1.165) is 5.56 Å². The van der Waals surface area contributed by atoms with Gasteiger partial charge < -0.3 is 15.3 Å². The summed E-state index contributed by atoms with van der Waals surface area (Å²) in [5, 5.41) is 31.0. The number of aliphatic carboxylic acids is 1. The maximum Gasteiger partial charge on any atom is 0.313 e. The predicted molar refractivity (Wildman–Crippen MR) is 126 cm³/mol. The lowest BCUT2D eigenvalue weighted by atomic mass is 9.81. The maximum absolute atomic E-state index is 13.7. The first-order chi connectivity index (χ1) is 15.7. The number of nitrogens with zero attached hydrogens (tertiary/aromatic N) is 1. The van der Waals surface area contributed by atoms with E-state index in [1.54, 1.807) is 12.1 Å². The van der Waals surface area contributed by atoms with Gasteiger partial charge in [-0.05, 0) is 47.4 Å². The van der Waals surface area contributed by atoms with E-state index >= 15 is 0 Å². The number of carbonyl (C=O) groups is 1. The smallest absolute Gasteiger partial charge is 0.313 e. The van der Waals surface area contributed by atoms with E-state index in [1.807, 2.05) is 50.2 Å². The van der Waals surface area contributed by atoms with Crippen molar-refractivity contribution in [2.75, 3.05) is 0 Å². The van der Waals surface area contributed by atoms with Crippen molar-refractivity contribution in [1.29, 1.82) is 0 Å². The average molecular weight is 450 g/mol. The number of pyridine rings is 1. The van der Waals surface area contributed by atoms with Crippen molar-refractivity contribution in [2.45, 2.75) is 44.3 Å². The van der Waals surface area contributed by atoms with Crippen molar-refractivity contribution in [2.24, 2.45) is 0 Å². The molecule has 0 aliphatic carbocycles. The summed E-state index contributed by atoms with van der Waals surface area (Å²) >= 11 is 0. The Balaban J connectivity index is 2.33. The quantitative estimate of drug-likeness (QED) is 0.393. The fourth-order valence-corrected chi connectivity index (χ4v) is 3.92. The lowest BCUT2D eigenvalue weighted by Gasteiger charge is -2.27. The molecule has 1 aromatic heterocycles. The average Bonchev–Trinajstić information content (AvgIpc) is 2.79. The van der Waals surface area contributed by atoms with Crippen LogP contribution in [0.5, 0.6) is 0 Å². The van der Waals surface area contributed by atoms with Crippen LogP contribution in [0.15, 0.2) is 73.3 Å². The van der Waals surface area contributed by atoms with Gasteiger partial charge in [0, 0.05) is 17.5 Å². The Morgan fingerprint density at radius 2 is 1.70 bits per heavy atom. The van der Waals surface area contributed by atoms with Crippen LogP contribution in [0.3, 0.4) is 0 Å². The third-order valence-corrected chi connectivity index (χ3v) is 5.62. The molecule has 33 heavy (non-hydrogen) atoms. The molecule has 3 unspecified atom stereocenters. The van der Waals surface area contributed by atoms with Crippen molar-refractivity contribution >= 4 is 5.97 Å². The van der Waals surface area contributed by atoms with Gasteiger partial charge >= 0.3 is 5.97 Å². The van der Waals surface area contributed by atoms with E-state index in [2.05, 4.69) is 6.58 Å². The van der Waals surface area contributed by atoms with Crippen LogP contribution in [-0.2, 0) is 4.79 Å². The molecule has 2 aromatic carbocycles. The summed E-state index contributed by atoms with van der Waals surface area (Å²) in [4.78, 5) is 17.2. The van der Waals surface area contributed by atoms with E-state index in [9.17, 15) is 24.5 Å². The SMILES string of the molecule is C=CC(O)CC(O)C(C(=O)O)c1c(C(C)C)cc(-c2ccccc2)nc1-c1ccc(F)cc1. The van der Waals surface area contributed by atoms with Crippen LogP contribution in [0.4, 0.5) is 4.39 Å². The number of halogens is 1. The fourth-order valence-electron chi connectivity index (χ4n) is 3.92. The van der Waals surface area contributed by atoms with E-state index < -0.39 is 29.9 Å². The van der Waals surface area contributed by atoms with Crippen molar-refractivity contribution in [3.05, 3.63) is 90.3 Å². The van der Waals surface area contributed by atoms with Crippen molar-refractivity contribution in [3.8, 4) is 22.5 Å². The molecule has 5 nitrogen and oxygen atoms in total. The third-order valence-electron chi connectivity index (χ3n) is 5.62. The molecule has 3 rings (SSSR count). The Hall–Kier alpha value is -3.35. The molecule has 0 saturated heterocycles. The normalized spacial score (nSPS) is 14.0. The van der Waals surface area contributed by atoms with Crippen LogP contribution in [0, 0.1) is 5.82 Å². The molecule has 0 aliphatic rings. The lowest BCUT2D eigenvalue weighted by Crippen LogP contribution is -2.31. The Morgan fingerprint density at radius 3 is 2.24 bits per heavy atom. The predicted octanol–water partition coefficient (Wildman–Crippen LogP) is 5.14. The molecule has 0 spiro atoms. The second kappa shape index (κ2) is 10.5. The van der Waals surface area contributed by atoms with Gasteiger partial charge in [-0.2, -0.15) is 0 Å². The highest BCUT2D eigenvalue weighted by Crippen LogP contribution is 2.39. The molecule has 3 aromatic rings. The summed E-state index contributed by atoms with van der Waals surface area (Å²) in [6, 6.07) is 17.0. The largest absolute Gasteiger partial charge is 0.481 e. The van der Waals surface area contributed by atoms with Gasteiger partial charge in [0.2, 0.25) is 0 Å². The molecule has 0 radical (unpaired) electrons. The van der Waals surface area contributed by atoms with E-state index in [0.29, 0.717) is 28.1 Å². The molecule has 0 fully saturated rings. The zero-order valence-electron chi connectivity index (χ0n) is 18.6. The Morgan fingerprint density at radius 1 is 1.06 bits per heavy atom. The monoisotopic (exact) mass is 449 g/mol. The number of carboxylic acid groups (broad SMARTS) is 1. The molecule has 0 aliphatic heterocycles. The van der Waals surface area contributed by atoms with Crippen LogP contribution in [0.1, 0.15) is 43.2 Å². The second-order valence-electron chi connectivity index (χ2n) is 8.31. The molecule has 172 valence electrons. The van der Waals surface area contributed by atoms with Crippen LogP contribution in [0.25, 0.3) is 22.5 Å². The van der Waals surface area contributed by atoms with Crippen LogP contribution < -0.4 is 0 Å². The van der Waals surface area contributed by atoms with Gasteiger partial charge in [0.1, 0.15) is 11.7 Å². The summed E-state index contributed by atoms with van der Waals surface area (Å²) in [6.45, 7) is 7.37. The minimum Gasteiger partial charge on any atom is -0.481 e. The summed E-state index contributed by atoms with van der Waals surface area (Å²) in [6.07, 6.45) is -1.39. The third kappa shape index (κ3) is 5.53. The van der Waals surface area contributed by atoms with Gasteiger partial charge in [0.25, 0.3) is 0 Å². The molecule has 6 heteroatoms. The summed E-state index contributed by atoms with van der Waals surface area (Å²) in [5.41, 5.74) is 3.46. The first-order valence-electron chi connectivity index (χ1n) is 10.8. The lowest BCUT2D eigenvalue weighted by molar-refractivity contribution is -0.142. The minimum absolute atomic E-state index is 0.0944. The molecule has 0 bridgehead atoms.